The van der Waals surface area contributed by atoms with Gasteiger partial charge in [-0.05, 0) is 18.2 Å². The molecule has 2 N–H and O–H groups in total. The lowest BCUT2D eigenvalue weighted by Gasteiger charge is -2.02. The molecule has 0 saturated heterocycles. The fourth-order valence-electron chi connectivity index (χ4n) is 0.714. The molecule has 0 fully saturated rings. The molecule has 12 heavy (non-hydrogen) atoms. The zero-order valence-electron chi connectivity index (χ0n) is 5.75. The summed E-state index contributed by atoms with van der Waals surface area (Å²) in [5, 5.41) is 0. The maximum atomic E-state index is 10.4. The molecule has 1 rings (SSSR count). The van der Waals surface area contributed by atoms with Gasteiger partial charge in [0, 0.05) is 8.95 Å². The first-order valence-corrected chi connectivity index (χ1v) is 5.61. The lowest BCUT2D eigenvalue weighted by atomic mass is 10.3. The molecule has 0 spiro atoms. The summed E-state index contributed by atoms with van der Waals surface area (Å²) in [6.45, 7) is 0. The van der Waals surface area contributed by atoms with E-state index < -0.39 is 11.3 Å². The van der Waals surface area contributed by atoms with E-state index in [4.69, 9.17) is 4.55 Å². The van der Waals surface area contributed by atoms with Crippen LogP contribution in [0.1, 0.15) is 0 Å². The third-order valence-electron chi connectivity index (χ3n) is 1.07. The zero-order valence-corrected chi connectivity index (χ0v) is 9.74. The molecule has 0 saturated carbocycles. The Morgan fingerprint density at radius 1 is 1.25 bits per heavy atom. The molecular formula is C6H5Br2NO2S. The van der Waals surface area contributed by atoms with E-state index in [1.54, 1.807) is 12.1 Å². The molecule has 0 radical (unpaired) electrons. The van der Waals surface area contributed by atoms with Gasteiger partial charge in [0.2, 0.25) is 0 Å². The minimum atomic E-state index is -2.02. The second kappa shape index (κ2) is 4.36. The fraction of sp³-hybridized carbons (Fsp3) is 0. The van der Waals surface area contributed by atoms with E-state index in [1.165, 1.54) is 0 Å². The Morgan fingerprint density at radius 2 is 1.75 bits per heavy atom. The van der Waals surface area contributed by atoms with Gasteiger partial charge in [-0.1, -0.05) is 31.9 Å². The van der Waals surface area contributed by atoms with Crippen LogP contribution in [0.15, 0.2) is 27.1 Å². The molecular weight excluding hydrogens is 310 g/mol. The van der Waals surface area contributed by atoms with Crippen LogP contribution in [0.5, 0.6) is 0 Å². The monoisotopic (exact) mass is 313 g/mol. The molecule has 1 atom stereocenters. The van der Waals surface area contributed by atoms with Crippen LogP contribution in [0.25, 0.3) is 0 Å². The molecule has 0 heterocycles. The van der Waals surface area contributed by atoms with Crippen LogP contribution in [0.4, 0.5) is 5.69 Å². The van der Waals surface area contributed by atoms with Crippen molar-refractivity contribution in [3.8, 4) is 0 Å². The summed E-state index contributed by atoms with van der Waals surface area (Å²) in [5.74, 6) is 0. The molecule has 0 amide bonds. The highest BCUT2D eigenvalue weighted by Gasteiger charge is 1.98. The van der Waals surface area contributed by atoms with Gasteiger partial charge in [-0.2, -0.15) is 0 Å². The van der Waals surface area contributed by atoms with E-state index in [-0.39, 0.29) is 0 Å². The van der Waals surface area contributed by atoms with Crippen molar-refractivity contribution >= 4 is 48.8 Å². The Hall–Kier alpha value is 0.0900. The normalized spacial score (nSPS) is 12.6. The van der Waals surface area contributed by atoms with E-state index in [0.717, 1.165) is 8.95 Å². The molecule has 0 aliphatic carbocycles. The number of benzene rings is 1. The molecule has 66 valence electrons. The maximum Gasteiger partial charge on any atom is 0.259 e. The molecule has 0 aliphatic rings. The van der Waals surface area contributed by atoms with Gasteiger partial charge in [0.05, 0.1) is 5.69 Å². The minimum absolute atomic E-state index is 0.581. The molecule has 3 nitrogen and oxygen atoms in total. The van der Waals surface area contributed by atoms with Crippen molar-refractivity contribution in [3.05, 3.63) is 27.1 Å². The first-order chi connectivity index (χ1) is 5.58. The summed E-state index contributed by atoms with van der Waals surface area (Å²) in [6, 6.07) is 5.25. The van der Waals surface area contributed by atoms with Crippen molar-refractivity contribution in [2.75, 3.05) is 4.72 Å². The number of halogens is 2. The van der Waals surface area contributed by atoms with Gasteiger partial charge in [-0.25, -0.2) is 4.21 Å². The first kappa shape index (κ1) is 10.2. The topological polar surface area (TPSA) is 49.3 Å². The summed E-state index contributed by atoms with van der Waals surface area (Å²) in [6.07, 6.45) is 0. The van der Waals surface area contributed by atoms with E-state index in [2.05, 4.69) is 36.6 Å². The lowest BCUT2D eigenvalue weighted by Crippen LogP contribution is -2.01. The van der Waals surface area contributed by atoms with Gasteiger partial charge in [-0.3, -0.25) is 9.27 Å². The van der Waals surface area contributed by atoms with Gasteiger partial charge in [-0.15, -0.1) is 0 Å². The summed E-state index contributed by atoms with van der Waals surface area (Å²) in [7, 11) is 0. The van der Waals surface area contributed by atoms with Crippen LogP contribution in [0.3, 0.4) is 0 Å². The zero-order chi connectivity index (χ0) is 9.14. The Balaban J connectivity index is 2.93. The Kier molecular flexibility index (Phi) is 3.70. The Labute approximate surface area is 89.2 Å². The van der Waals surface area contributed by atoms with Crippen molar-refractivity contribution in [2.24, 2.45) is 0 Å². The standard InChI is InChI=1S/C6H5Br2NO2S/c7-4-1-5(8)3-6(2-4)9-12(10)11/h1-3,9H,(H,10,11). The fourth-order valence-corrected chi connectivity index (χ4v) is 2.33. The predicted molar refractivity (Wildman–Crippen MR) is 56.2 cm³/mol. The Bertz CT molecular complexity index is 298. The van der Waals surface area contributed by atoms with Gasteiger partial charge in [0.15, 0.2) is 0 Å². The number of hydrogen-bond donors (Lipinski definition) is 2. The summed E-state index contributed by atoms with van der Waals surface area (Å²) in [5.41, 5.74) is 0.581. The van der Waals surface area contributed by atoms with Gasteiger partial charge in [0.1, 0.15) is 0 Å². The second-order valence-corrected chi connectivity index (χ2v) is 4.54. The van der Waals surface area contributed by atoms with Crippen molar-refractivity contribution < 1.29 is 8.76 Å². The maximum absolute atomic E-state index is 10.4. The van der Waals surface area contributed by atoms with E-state index >= 15 is 0 Å². The molecule has 0 aromatic heterocycles. The molecule has 0 aliphatic heterocycles. The van der Waals surface area contributed by atoms with Crippen molar-refractivity contribution in [3.63, 3.8) is 0 Å². The third kappa shape index (κ3) is 3.22. The van der Waals surface area contributed by atoms with Crippen molar-refractivity contribution in [2.45, 2.75) is 0 Å². The highest BCUT2D eigenvalue weighted by molar-refractivity contribution is 9.11. The highest BCUT2D eigenvalue weighted by atomic mass is 79.9. The van der Waals surface area contributed by atoms with Crippen molar-refractivity contribution in [1.82, 2.24) is 0 Å². The molecule has 0 bridgehead atoms. The highest BCUT2D eigenvalue weighted by Crippen LogP contribution is 2.23. The Morgan fingerprint density at radius 3 is 2.17 bits per heavy atom. The van der Waals surface area contributed by atoms with E-state index in [0.29, 0.717) is 5.69 Å². The van der Waals surface area contributed by atoms with Crippen LogP contribution in [0.2, 0.25) is 0 Å². The van der Waals surface area contributed by atoms with E-state index in [1.807, 2.05) is 6.07 Å². The summed E-state index contributed by atoms with van der Waals surface area (Å²) < 4.78 is 22.9. The predicted octanol–water partition coefficient (Wildman–Crippen LogP) is 2.76. The quantitative estimate of drug-likeness (QED) is 0.825. The lowest BCUT2D eigenvalue weighted by molar-refractivity contribution is 0.570. The first-order valence-electron chi connectivity index (χ1n) is 2.91. The van der Waals surface area contributed by atoms with Crippen LogP contribution in [-0.4, -0.2) is 8.76 Å². The van der Waals surface area contributed by atoms with Gasteiger partial charge >= 0.3 is 0 Å². The van der Waals surface area contributed by atoms with Crippen LogP contribution >= 0.6 is 31.9 Å². The number of nitrogens with one attached hydrogen (secondary N) is 1. The second-order valence-electron chi connectivity index (χ2n) is 2.01. The number of hydrogen-bond acceptors (Lipinski definition) is 1. The molecule has 1 aromatic carbocycles. The third-order valence-corrected chi connectivity index (χ3v) is 2.39. The molecule has 1 aromatic rings. The average Bonchev–Trinajstić information content (AvgIpc) is 1.81. The number of rotatable bonds is 2. The van der Waals surface area contributed by atoms with Crippen LogP contribution in [-0.2, 0) is 11.3 Å². The summed E-state index contributed by atoms with van der Waals surface area (Å²) in [4.78, 5) is 0. The SMILES string of the molecule is O=S(O)Nc1cc(Br)cc(Br)c1. The largest absolute Gasteiger partial charge is 0.289 e. The van der Waals surface area contributed by atoms with Gasteiger partial charge in [0.25, 0.3) is 11.3 Å². The smallest absolute Gasteiger partial charge is 0.259 e. The van der Waals surface area contributed by atoms with E-state index in [9.17, 15) is 4.21 Å². The van der Waals surface area contributed by atoms with Crippen LogP contribution < -0.4 is 4.72 Å². The molecule has 1 unspecified atom stereocenters. The van der Waals surface area contributed by atoms with Crippen LogP contribution in [0, 0.1) is 0 Å². The molecule has 6 heteroatoms. The summed E-state index contributed by atoms with van der Waals surface area (Å²) >= 11 is 4.48. The minimum Gasteiger partial charge on any atom is -0.289 e. The van der Waals surface area contributed by atoms with Crippen molar-refractivity contribution in [1.29, 1.82) is 0 Å². The number of anilines is 1. The average molecular weight is 315 g/mol. The van der Waals surface area contributed by atoms with Gasteiger partial charge < -0.3 is 0 Å².